The van der Waals surface area contributed by atoms with E-state index in [1.54, 1.807) is 0 Å². The van der Waals surface area contributed by atoms with Crippen LogP contribution in [0.3, 0.4) is 0 Å². The zero-order valence-electron chi connectivity index (χ0n) is 22.7. The van der Waals surface area contributed by atoms with Gasteiger partial charge in [0.1, 0.15) is 20.7 Å². The third-order valence-electron chi connectivity index (χ3n) is 9.26. The zero-order valence-corrected chi connectivity index (χ0v) is 24.3. The molecule has 0 bridgehead atoms. The van der Waals surface area contributed by atoms with Crippen molar-refractivity contribution < 1.29 is 35.2 Å². The summed E-state index contributed by atoms with van der Waals surface area (Å²) in [5.41, 5.74) is -3.67. The van der Waals surface area contributed by atoms with E-state index in [1.165, 1.54) is 48.4 Å². The van der Waals surface area contributed by atoms with Crippen LogP contribution >= 0.6 is 11.6 Å². The largest absolute Gasteiger partial charge is 0.401 e. The van der Waals surface area contributed by atoms with Crippen molar-refractivity contribution in [1.29, 1.82) is 0 Å². The molecule has 0 radical (unpaired) electrons. The maximum Gasteiger partial charge on any atom is 0.401 e. The smallest absolute Gasteiger partial charge is 0.355 e. The molecule has 2 aliphatic carbocycles. The number of anilines is 2. The molecular formula is C27H27ClF5N5O3S. The highest BCUT2D eigenvalue weighted by Gasteiger charge is 2.82. The Morgan fingerprint density at radius 1 is 1.17 bits per heavy atom. The van der Waals surface area contributed by atoms with E-state index in [0.29, 0.717) is 18.5 Å². The molecule has 42 heavy (non-hydrogen) atoms. The van der Waals surface area contributed by atoms with Crippen molar-refractivity contribution in [3.8, 4) is 0 Å². The number of nitrogens with one attached hydrogen (secondary N) is 1. The predicted molar refractivity (Wildman–Crippen MR) is 145 cm³/mol. The molecule has 2 aromatic heterocycles. The lowest BCUT2D eigenvalue weighted by Crippen LogP contribution is -2.44. The van der Waals surface area contributed by atoms with Crippen LogP contribution in [-0.2, 0) is 20.0 Å². The Morgan fingerprint density at radius 3 is 2.40 bits per heavy atom. The molecule has 8 nitrogen and oxygen atoms in total. The number of carbonyl (C=O) groups is 1. The van der Waals surface area contributed by atoms with Crippen molar-refractivity contribution in [3.05, 3.63) is 52.9 Å². The molecule has 1 aromatic carbocycles. The summed E-state index contributed by atoms with van der Waals surface area (Å²) in [7, 11) is -3.17. The van der Waals surface area contributed by atoms with Gasteiger partial charge in [-0.1, -0.05) is 23.7 Å². The van der Waals surface area contributed by atoms with E-state index in [9.17, 15) is 26.4 Å². The summed E-state index contributed by atoms with van der Waals surface area (Å²) in [6.07, 6.45) is -1.45. The van der Waals surface area contributed by atoms with Gasteiger partial charge in [-0.3, -0.25) is 4.79 Å². The lowest BCUT2D eigenvalue weighted by atomic mass is 9.84. The van der Waals surface area contributed by atoms with Crippen molar-refractivity contribution >= 4 is 44.4 Å². The topological polar surface area (TPSA) is 96.7 Å². The molecule has 3 atom stereocenters. The van der Waals surface area contributed by atoms with Crippen LogP contribution in [0.4, 0.5) is 33.3 Å². The number of fused-ring (bicyclic) bond motifs is 3. The molecule has 1 aliphatic heterocycles. The molecule has 0 unspecified atom stereocenters. The van der Waals surface area contributed by atoms with Gasteiger partial charge in [-0.05, 0) is 50.3 Å². The number of rotatable bonds is 6. The summed E-state index contributed by atoms with van der Waals surface area (Å²) in [6.45, 7) is 1.86. The van der Waals surface area contributed by atoms with Gasteiger partial charge in [0.05, 0.1) is 28.7 Å². The molecule has 2 saturated carbocycles. The third kappa shape index (κ3) is 4.11. The molecule has 2 fully saturated rings. The number of aromatic nitrogens is 3. The first-order valence-corrected chi connectivity index (χ1v) is 15.6. The second-order valence-corrected chi connectivity index (χ2v) is 14.7. The maximum atomic E-state index is 15.1. The van der Waals surface area contributed by atoms with E-state index in [0.717, 1.165) is 17.7 Å². The standard InChI is InChI=1S/C27H27ClF5N5O3S/c1-24(27(31,32)33)13-37(18-12-34-20-10-19(28)36-38(20)22(18)24)16-6-4-15(5-7-16)21-25(2,26(21,29)30)23(39)35-11-14-8-17(9-14)42(3,40)41/h4-7,10,12,14,17,21H,8-9,11,13H2,1-3H3,(H,35,39)/t14?,17?,21-,24-,25+/m1/s1. The lowest BCUT2D eigenvalue weighted by molar-refractivity contribution is -0.181. The van der Waals surface area contributed by atoms with Gasteiger partial charge in [-0.15, -0.1) is 0 Å². The summed E-state index contributed by atoms with van der Waals surface area (Å²) in [5.74, 6) is -5.70. The maximum absolute atomic E-state index is 15.1. The molecule has 0 spiro atoms. The average Bonchev–Trinajstić information content (AvgIpc) is 3.14. The number of amides is 1. The quantitative estimate of drug-likeness (QED) is 0.384. The van der Waals surface area contributed by atoms with Crippen molar-refractivity contribution in [2.75, 3.05) is 24.2 Å². The van der Waals surface area contributed by atoms with Crippen LogP contribution < -0.4 is 10.2 Å². The predicted octanol–water partition coefficient (Wildman–Crippen LogP) is 5.03. The lowest BCUT2D eigenvalue weighted by Gasteiger charge is -2.34. The fraction of sp³-hybridized carbons (Fsp3) is 0.519. The Kier molecular flexibility index (Phi) is 6.24. The van der Waals surface area contributed by atoms with Crippen LogP contribution in [0, 0.1) is 11.3 Å². The Hall–Kier alpha value is -3.00. The molecule has 6 rings (SSSR count). The second-order valence-electron chi connectivity index (χ2n) is 12.0. The highest BCUT2D eigenvalue weighted by atomic mass is 35.5. The third-order valence-corrected chi connectivity index (χ3v) is 11.0. The summed E-state index contributed by atoms with van der Waals surface area (Å²) in [6, 6.07) is 7.06. The number of halogens is 6. The number of hydrogen-bond donors (Lipinski definition) is 1. The van der Waals surface area contributed by atoms with Gasteiger partial charge in [0, 0.05) is 31.1 Å². The molecule has 1 amide bonds. The fourth-order valence-corrected chi connectivity index (χ4v) is 7.77. The van der Waals surface area contributed by atoms with E-state index < -0.39 is 56.4 Å². The van der Waals surface area contributed by atoms with Gasteiger partial charge in [-0.2, -0.15) is 18.3 Å². The first-order valence-electron chi connectivity index (χ1n) is 13.2. The van der Waals surface area contributed by atoms with E-state index in [4.69, 9.17) is 11.6 Å². The van der Waals surface area contributed by atoms with Crippen molar-refractivity contribution in [2.45, 2.75) is 55.4 Å². The minimum absolute atomic E-state index is 0.00791. The summed E-state index contributed by atoms with van der Waals surface area (Å²) in [4.78, 5) is 18.5. The summed E-state index contributed by atoms with van der Waals surface area (Å²) < 4.78 is 97.7. The Morgan fingerprint density at radius 2 is 1.81 bits per heavy atom. The Balaban J connectivity index is 1.23. The summed E-state index contributed by atoms with van der Waals surface area (Å²) in [5, 5.41) is 6.10. The number of hydrogen-bond acceptors (Lipinski definition) is 6. The van der Waals surface area contributed by atoms with Crippen LogP contribution in [0.25, 0.3) is 5.65 Å². The fourth-order valence-electron chi connectivity index (χ4n) is 6.36. The van der Waals surface area contributed by atoms with E-state index in [1.807, 2.05) is 0 Å². The number of carbonyl (C=O) groups excluding carboxylic acids is 1. The number of nitrogens with zero attached hydrogens (tertiary/aromatic N) is 4. The molecule has 3 aromatic rings. The van der Waals surface area contributed by atoms with Crippen molar-refractivity contribution in [2.24, 2.45) is 11.3 Å². The van der Waals surface area contributed by atoms with Crippen LogP contribution in [0.15, 0.2) is 36.5 Å². The van der Waals surface area contributed by atoms with Crippen LogP contribution in [0.2, 0.25) is 5.15 Å². The monoisotopic (exact) mass is 631 g/mol. The number of alkyl halides is 5. The zero-order chi connectivity index (χ0) is 30.6. The van der Waals surface area contributed by atoms with E-state index in [2.05, 4.69) is 15.4 Å². The Labute approximate surface area is 243 Å². The molecule has 15 heteroatoms. The molecule has 3 heterocycles. The SMILES string of the molecule is C[C@@]1(C(F)(F)F)CN(c2ccc([C@H]3C(F)(F)[C@]3(C)C(=O)NCC3CC(S(C)(=O)=O)C3)cc2)c2cnc3cc(Cl)nn3c21. The van der Waals surface area contributed by atoms with E-state index >= 15 is 8.78 Å². The van der Waals surface area contributed by atoms with Crippen LogP contribution in [0.1, 0.15) is 43.9 Å². The molecule has 1 N–H and O–H groups in total. The van der Waals surface area contributed by atoms with Gasteiger partial charge in [0.15, 0.2) is 10.8 Å². The molecule has 226 valence electrons. The summed E-state index contributed by atoms with van der Waals surface area (Å²) >= 11 is 5.96. The van der Waals surface area contributed by atoms with Gasteiger partial charge >= 0.3 is 6.18 Å². The molecular weight excluding hydrogens is 605 g/mol. The number of benzene rings is 1. The van der Waals surface area contributed by atoms with Crippen LogP contribution in [0.5, 0.6) is 0 Å². The minimum atomic E-state index is -4.65. The normalized spacial score (nSPS) is 30.2. The highest BCUT2D eigenvalue weighted by Crippen LogP contribution is 2.71. The molecule has 0 saturated heterocycles. The van der Waals surface area contributed by atoms with E-state index in [-0.39, 0.29) is 40.2 Å². The van der Waals surface area contributed by atoms with Gasteiger partial charge < -0.3 is 10.2 Å². The van der Waals surface area contributed by atoms with Crippen LogP contribution in [-0.4, -0.2) is 65.6 Å². The minimum Gasteiger partial charge on any atom is -0.355 e. The average molecular weight is 632 g/mol. The van der Waals surface area contributed by atoms with Crippen molar-refractivity contribution in [3.63, 3.8) is 0 Å². The second kappa shape index (κ2) is 9.01. The van der Waals surface area contributed by atoms with Gasteiger partial charge in [0.25, 0.3) is 5.92 Å². The Bertz CT molecular complexity index is 1710. The van der Waals surface area contributed by atoms with Crippen molar-refractivity contribution in [1.82, 2.24) is 19.9 Å². The van der Waals surface area contributed by atoms with Gasteiger partial charge in [-0.25, -0.2) is 26.7 Å². The highest BCUT2D eigenvalue weighted by molar-refractivity contribution is 7.91. The van der Waals surface area contributed by atoms with Gasteiger partial charge in [0.2, 0.25) is 5.91 Å². The first kappa shape index (κ1) is 29.1. The molecule has 3 aliphatic rings. The number of sulfone groups is 1. The first-order chi connectivity index (χ1) is 19.4.